The molecule has 2 aromatic rings. The number of aryl methyl sites for hydroxylation is 1. The number of nitrogens with zero attached hydrogens (tertiary/aromatic N) is 2. The van der Waals surface area contributed by atoms with Crippen molar-refractivity contribution in [2.24, 2.45) is 0 Å². The van der Waals surface area contributed by atoms with Crippen molar-refractivity contribution in [3.8, 4) is 17.2 Å². The maximum absolute atomic E-state index is 5.34. The van der Waals surface area contributed by atoms with Crippen molar-refractivity contribution in [1.82, 2.24) is 10.1 Å². The van der Waals surface area contributed by atoms with Crippen molar-refractivity contribution in [2.45, 2.75) is 13.8 Å². The molecule has 0 bridgehead atoms. The summed E-state index contributed by atoms with van der Waals surface area (Å²) >= 11 is 0. The van der Waals surface area contributed by atoms with Crippen LogP contribution in [0.25, 0.3) is 11.5 Å². The molecule has 78 valence electrons. The molecule has 1 aromatic heterocycles. The van der Waals surface area contributed by atoms with E-state index < -0.39 is 0 Å². The molecule has 0 fully saturated rings. The van der Waals surface area contributed by atoms with E-state index in [0.29, 0.717) is 18.3 Å². The van der Waals surface area contributed by atoms with E-state index in [4.69, 9.17) is 9.26 Å². The zero-order valence-electron chi connectivity index (χ0n) is 8.73. The summed E-state index contributed by atoms with van der Waals surface area (Å²) in [6.07, 6.45) is 0. The van der Waals surface area contributed by atoms with Crippen LogP contribution in [0.15, 0.2) is 28.8 Å². The topological polar surface area (TPSA) is 48.2 Å². The van der Waals surface area contributed by atoms with Crippen molar-refractivity contribution < 1.29 is 9.26 Å². The predicted molar refractivity (Wildman–Crippen MR) is 55.6 cm³/mol. The molecule has 0 N–H and O–H groups in total. The van der Waals surface area contributed by atoms with E-state index in [2.05, 4.69) is 10.1 Å². The van der Waals surface area contributed by atoms with Gasteiger partial charge in [0.1, 0.15) is 5.75 Å². The van der Waals surface area contributed by atoms with E-state index >= 15 is 0 Å². The molecule has 2 rings (SSSR count). The first-order chi connectivity index (χ1) is 7.29. The van der Waals surface area contributed by atoms with Crippen LogP contribution in [-0.4, -0.2) is 16.7 Å². The second kappa shape index (κ2) is 4.13. The third-order valence-electron chi connectivity index (χ3n) is 1.94. The monoisotopic (exact) mass is 204 g/mol. The minimum Gasteiger partial charge on any atom is -0.494 e. The zero-order valence-corrected chi connectivity index (χ0v) is 8.73. The maximum Gasteiger partial charge on any atom is 0.257 e. The van der Waals surface area contributed by atoms with Crippen LogP contribution in [0.1, 0.15) is 12.7 Å². The van der Waals surface area contributed by atoms with E-state index in [1.54, 1.807) is 6.92 Å². The molecule has 0 atom stereocenters. The Bertz CT molecular complexity index is 434. The van der Waals surface area contributed by atoms with Crippen LogP contribution >= 0.6 is 0 Å². The van der Waals surface area contributed by atoms with Crippen LogP contribution in [0.4, 0.5) is 0 Å². The lowest BCUT2D eigenvalue weighted by molar-refractivity contribution is 0.340. The molecule has 15 heavy (non-hydrogen) atoms. The van der Waals surface area contributed by atoms with Gasteiger partial charge in [0.2, 0.25) is 0 Å². The summed E-state index contributed by atoms with van der Waals surface area (Å²) in [5.41, 5.74) is 0.902. The molecule has 1 heterocycles. The largest absolute Gasteiger partial charge is 0.494 e. The molecule has 0 saturated carbocycles. The van der Waals surface area contributed by atoms with Gasteiger partial charge in [0.05, 0.1) is 6.61 Å². The first-order valence-electron chi connectivity index (χ1n) is 4.83. The molecule has 0 amide bonds. The lowest BCUT2D eigenvalue weighted by atomic mass is 10.2. The van der Waals surface area contributed by atoms with Crippen LogP contribution in [0.5, 0.6) is 5.75 Å². The summed E-state index contributed by atoms with van der Waals surface area (Å²) in [6, 6.07) is 7.58. The molecule has 0 saturated heterocycles. The highest BCUT2D eigenvalue weighted by Crippen LogP contribution is 2.20. The fourth-order valence-electron chi connectivity index (χ4n) is 1.27. The van der Waals surface area contributed by atoms with Gasteiger partial charge in [-0.1, -0.05) is 5.16 Å². The van der Waals surface area contributed by atoms with Gasteiger partial charge in [0.15, 0.2) is 5.82 Å². The Morgan fingerprint density at radius 3 is 2.53 bits per heavy atom. The van der Waals surface area contributed by atoms with E-state index in [9.17, 15) is 0 Å². The second-order valence-electron chi connectivity index (χ2n) is 3.10. The molecule has 1 aromatic carbocycles. The minimum absolute atomic E-state index is 0.538. The quantitative estimate of drug-likeness (QED) is 0.770. The summed E-state index contributed by atoms with van der Waals surface area (Å²) in [5.74, 6) is 2.02. The lowest BCUT2D eigenvalue weighted by Gasteiger charge is -2.01. The van der Waals surface area contributed by atoms with Crippen molar-refractivity contribution in [3.05, 3.63) is 30.1 Å². The summed E-state index contributed by atoms with van der Waals surface area (Å²) < 4.78 is 10.4. The number of rotatable bonds is 3. The Labute approximate surface area is 87.9 Å². The Hall–Kier alpha value is -1.84. The number of ether oxygens (including phenoxy) is 1. The molecule has 0 unspecified atom stereocenters. The molecule has 0 aliphatic rings. The fraction of sp³-hybridized carbons (Fsp3) is 0.273. The summed E-state index contributed by atoms with van der Waals surface area (Å²) in [4.78, 5) is 4.14. The van der Waals surface area contributed by atoms with Crippen molar-refractivity contribution >= 4 is 0 Å². The van der Waals surface area contributed by atoms with Gasteiger partial charge in [-0.25, -0.2) is 0 Å². The third kappa shape index (κ3) is 2.15. The van der Waals surface area contributed by atoms with Crippen molar-refractivity contribution in [3.63, 3.8) is 0 Å². The highest BCUT2D eigenvalue weighted by atomic mass is 16.5. The van der Waals surface area contributed by atoms with Gasteiger partial charge in [-0.3, -0.25) is 0 Å². The predicted octanol–water partition coefficient (Wildman–Crippen LogP) is 2.44. The highest BCUT2D eigenvalue weighted by Gasteiger charge is 2.05. The van der Waals surface area contributed by atoms with Gasteiger partial charge in [-0.05, 0) is 38.1 Å². The van der Waals surface area contributed by atoms with Crippen LogP contribution in [-0.2, 0) is 0 Å². The van der Waals surface area contributed by atoms with Crippen LogP contribution < -0.4 is 4.74 Å². The Morgan fingerprint density at radius 1 is 1.27 bits per heavy atom. The van der Waals surface area contributed by atoms with E-state index in [1.807, 2.05) is 31.2 Å². The number of hydrogen-bond acceptors (Lipinski definition) is 4. The van der Waals surface area contributed by atoms with Crippen molar-refractivity contribution in [1.29, 1.82) is 0 Å². The number of benzene rings is 1. The van der Waals surface area contributed by atoms with Gasteiger partial charge in [0.25, 0.3) is 5.89 Å². The normalized spacial score (nSPS) is 10.3. The Morgan fingerprint density at radius 2 is 2.00 bits per heavy atom. The first kappa shape index (κ1) is 9.71. The minimum atomic E-state index is 0.538. The van der Waals surface area contributed by atoms with E-state index in [-0.39, 0.29) is 0 Å². The Kier molecular flexibility index (Phi) is 2.67. The summed E-state index contributed by atoms with van der Waals surface area (Å²) in [6.45, 7) is 4.41. The Balaban J connectivity index is 2.23. The lowest BCUT2D eigenvalue weighted by Crippen LogP contribution is -1.90. The average Bonchev–Trinajstić information content (AvgIpc) is 2.67. The average molecular weight is 204 g/mol. The second-order valence-corrected chi connectivity index (χ2v) is 3.10. The molecular weight excluding hydrogens is 192 g/mol. The SMILES string of the molecule is CCOc1ccc(-c2nc(C)no2)cc1. The van der Waals surface area contributed by atoms with Crippen LogP contribution in [0, 0.1) is 6.92 Å². The van der Waals surface area contributed by atoms with Crippen LogP contribution in [0.3, 0.4) is 0 Å². The van der Waals surface area contributed by atoms with Gasteiger partial charge < -0.3 is 9.26 Å². The zero-order chi connectivity index (χ0) is 10.7. The molecule has 4 heteroatoms. The van der Waals surface area contributed by atoms with Gasteiger partial charge in [-0.15, -0.1) is 0 Å². The number of aromatic nitrogens is 2. The molecule has 4 nitrogen and oxygen atoms in total. The molecule has 0 aliphatic heterocycles. The molecule has 0 aliphatic carbocycles. The summed E-state index contributed by atoms with van der Waals surface area (Å²) in [7, 11) is 0. The van der Waals surface area contributed by atoms with Crippen molar-refractivity contribution in [2.75, 3.05) is 6.61 Å². The standard InChI is InChI=1S/C11H12N2O2/c1-3-14-10-6-4-9(5-7-10)11-12-8(2)13-15-11/h4-7H,3H2,1-2H3. The number of hydrogen-bond donors (Lipinski definition) is 0. The third-order valence-corrected chi connectivity index (χ3v) is 1.94. The summed E-state index contributed by atoms with van der Waals surface area (Å²) in [5, 5.41) is 3.73. The first-order valence-corrected chi connectivity index (χ1v) is 4.83. The fourth-order valence-corrected chi connectivity index (χ4v) is 1.27. The van der Waals surface area contributed by atoms with E-state index in [1.165, 1.54) is 0 Å². The molecule has 0 spiro atoms. The maximum atomic E-state index is 5.34. The molecular formula is C11H12N2O2. The highest BCUT2D eigenvalue weighted by molar-refractivity contribution is 5.54. The molecule has 0 radical (unpaired) electrons. The van der Waals surface area contributed by atoms with E-state index in [0.717, 1.165) is 11.3 Å². The van der Waals surface area contributed by atoms with Crippen LogP contribution in [0.2, 0.25) is 0 Å². The van der Waals surface area contributed by atoms with Gasteiger partial charge >= 0.3 is 0 Å². The smallest absolute Gasteiger partial charge is 0.257 e. The van der Waals surface area contributed by atoms with Gasteiger partial charge in [-0.2, -0.15) is 4.98 Å². The van der Waals surface area contributed by atoms with Gasteiger partial charge in [0, 0.05) is 5.56 Å².